The third-order valence-electron chi connectivity index (χ3n) is 5.86. The summed E-state index contributed by atoms with van der Waals surface area (Å²) in [7, 11) is 0. The van der Waals surface area contributed by atoms with E-state index in [1.54, 1.807) is 24.3 Å². The highest BCUT2D eigenvalue weighted by atomic mass is 32.2. The standard InChI is InChI=1S/C26H21F4N3O3S/c1-13(25(31)35)33(22(34)8-14-6-16(27)11-17(28)7-14)23-24(15-9-18(29)12-19(30)10-15)37-21-5-3-2-4-20(21)32-26(23)36/h2-7,9-13,23-24H,8H2,1H3,(H2,31,35)(H,32,36)/t13-,23-,24+/m0/s1. The fourth-order valence-corrected chi connectivity index (χ4v) is 5.54. The number of nitrogens with one attached hydrogen (secondary N) is 1. The smallest absolute Gasteiger partial charge is 0.248 e. The Labute approximate surface area is 213 Å². The van der Waals surface area contributed by atoms with Crippen molar-refractivity contribution in [1.82, 2.24) is 4.90 Å². The number of fused-ring (bicyclic) bond motifs is 1. The summed E-state index contributed by atoms with van der Waals surface area (Å²) in [4.78, 5) is 40.9. The van der Waals surface area contributed by atoms with Crippen LogP contribution in [0.2, 0.25) is 0 Å². The van der Waals surface area contributed by atoms with Crippen molar-refractivity contribution in [1.29, 1.82) is 0 Å². The summed E-state index contributed by atoms with van der Waals surface area (Å²) in [5.41, 5.74) is 5.92. The van der Waals surface area contributed by atoms with Gasteiger partial charge in [0.15, 0.2) is 0 Å². The molecule has 37 heavy (non-hydrogen) atoms. The molecule has 0 unspecified atom stereocenters. The summed E-state index contributed by atoms with van der Waals surface area (Å²) in [6.45, 7) is 1.30. The Kier molecular flexibility index (Phi) is 7.53. The van der Waals surface area contributed by atoms with Crippen LogP contribution in [0.3, 0.4) is 0 Å². The molecule has 0 bridgehead atoms. The van der Waals surface area contributed by atoms with Gasteiger partial charge in [-0.05, 0) is 54.4 Å². The van der Waals surface area contributed by atoms with Crippen LogP contribution in [0.4, 0.5) is 23.2 Å². The lowest BCUT2D eigenvalue weighted by atomic mass is 9.99. The van der Waals surface area contributed by atoms with Crippen molar-refractivity contribution in [3.63, 3.8) is 0 Å². The molecule has 4 rings (SSSR count). The van der Waals surface area contributed by atoms with Gasteiger partial charge in [0.05, 0.1) is 17.4 Å². The first-order chi connectivity index (χ1) is 17.5. The molecule has 1 aliphatic rings. The molecule has 1 heterocycles. The first kappa shape index (κ1) is 26.2. The summed E-state index contributed by atoms with van der Waals surface area (Å²) in [5.74, 6) is -6.16. The van der Waals surface area contributed by atoms with E-state index < -0.39 is 64.7 Å². The Morgan fingerprint density at radius 1 is 0.973 bits per heavy atom. The summed E-state index contributed by atoms with van der Waals surface area (Å²) in [6, 6.07) is 9.12. The number of hydrogen-bond acceptors (Lipinski definition) is 4. The number of thioether (sulfide) groups is 1. The van der Waals surface area contributed by atoms with Gasteiger partial charge in [-0.25, -0.2) is 17.6 Å². The van der Waals surface area contributed by atoms with E-state index in [4.69, 9.17) is 5.73 Å². The molecule has 3 aromatic rings. The van der Waals surface area contributed by atoms with Gasteiger partial charge in [0, 0.05) is 17.0 Å². The maximum absolute atomic E-state index is 14.2. The number of carbonyl (C=O) groups excluding carboxylic acids is 3. The number of anilines is 1. The second kappa shape index (κ2) is 10.6. The van der Waals surface area contributed by atoms with Crippen LogP contribution in [0.25, 0.3) is 0 Å². The minimum absolute atomic E-state index is 0.0394. The molecule has 192 valence electrons. The number of carbonyl (C=O) groups is 3. The average Bonchev–Trinajstić information content (AvgIpc) is 2.94. The Balaban J connectivity index is 1.85. The molecule has 3 amide bonds. The van der Waals surface area contributed by atoms with Crippen LogP contribution in [0, 0.1) is 23.3 Å². The van der Waals surface area contributed by atoms with Gasteiger partial charge < -0.3 is 16.0 Å². The van der Waals surface area contributed by atoms with Crippen LogP contribution < -0.4 is 11.1 Å². The lowest BCUT2D eigenvalue weighted by molar-refractivity contribution is -0.144. The van der Waals surface area contributed by atoms with Gasteiger partial charge in [-0.1, -0.05) is 12.1 Å². The highest BCUT2D eigenvalue weighted by Gasteiger charge is 2.44. The summed E-state index contributed by atoms with van der Waals surface area (Å²) in [6.07, 6.45) is -0.572. The minimum atomic E-state index is -1.48. The number of nitrogens with zero attached hydrogens (tertiary/aromatic N) is 1. The van der Waals surface area contributed by atoms with Gasteiger partial charge in [0.25, 0.3) is 0 Å². The average molecular weight is 532 g/mol. The molecule has 0 aromatic heterocycles. The molecular weight excluding hydrogens is 510 g/mol. The quantitative estimate of drug-likeness (QED) is 0.463. The lowest BCUT2D eigenvalue weighted by Gasteiger charge is -2.37. The normalized spacial score (nSPS) is 17.8. The van der Waals surface area contributed by atoms with E-state index >= 15 is 0 Å². The van der Waals surface area contributed by atoms with E-state index in [9.17, 15) is 31.9 Å². The van der Waals surface area contributed by atoms with Gasteiger partial charge >= 0.3 is 0 Å². The number of rotatable bonds is 6. The summed E-state index contributed by atoms with van der Waals surface area (Å²) >= 11 is 1.06. The molecule has 0 spiro atoms. The zero-order valence-electron chi connectivity index (χ0n) is 19.4. The molecule has 11 heteroatoms. The first-order valence-electron chi connectivity index (χ1n) is 11.1. The monoisotopic (exact) mass is 531 g/mol. The highest BCUT2D eigenvalue weighted by Crippen LogP contribution is 2.46. The first-order valence-corrected chi connectivity index (χ1v) is 12.0. The molecule has 3 N–H and O–H groups in total. The van der Waals surface area contributed by atoms with Crippen molar-refractivity contribution >= 4 is 35.2 Å². The van der Waals surface area contributed by atoms with Crippen molar-refractivity contribution in [2.75, 3.05) is 5.32 Å². The number of hydrogen-bond donors (Lipinski definition) is 2. The van der Waals surface area contributed by atoms with Gasteiger partial charge in [-0.15, -0.1) is 11.8 Å². The van der Waals surface area contributed by atoms with Gasteiger partial charge in [-0.3, -0.25) is 14.4 Å². The van der Waals surface area contributed by atoms with Gasteiger partial charge in [0.2, 0.25) is 17.7 Å². The Morgan fingerprint density at radius 3 is 2.14 bits per heavy atom. The van der Waals surface area contributed by atoms with Crippen LogP contribution in [0.1, 0.15) is 23.3 Å². The Bertz CT molecular complexity index is 1350. The SMILES string of the molecule is C[C@@H](C(N)=O)N(C(=O)Cc1cc(F)cc(F)c1)[C@@H]1C(=O)Nc2ccccc2S[C@@H]1c1cc(F)cc(F)c1. The van der Waals surface area contributed by atoms with Crippen LogP contribution in [-0.2, 0) is 20.8 Å². The highest BCUT2D eigenvalue weighted by molar-refractivity contribution is 7.99. The van der Waals surface area contributed by atoms with Crippen LogP contribution in [-0.4, -0.2) is 34.7 Å². The molecule has 1 aliphatic heterocycles. The maximum Gasteiger partial charge on any atom is 0.248 e. The van der Waals surface area contributed by atoms with E-state index in [-0.39, 0.29) is 11.1 Å². The van der Waals surface area contributed by atoms with Crippen molar-refractivity contribution in [3.05, 3.63) is 95.1 Å². The minimum Gasteiger partial charge on any atom is -0.368 e. The predicted octanol–water partition coefficient (Wildman–Crippen LogP) is 4.34. The molecule has 0 fully saturated rings. The number of primary amides is 1. The van der Waals surface area contributed by atoms with Crippen LogP contribution >= 0.6 is 11.8 Å². The predicted molar refractivity (Wildman–Crippen MR) is 129 cm³/mol. The van der Waals surface area contributed by atoms with E-state index in [1.807, 2.05) is 0 Å². The van der Waals surface area contributed by atoms with Gasteiger partial charge in [-0.2, -0.15) is 0 Å². The third kappa shape index (κ3) is 5.77. The molecule has 6 nitrogen and oxygen atoms in total. The molecule has 3 aromatic carbocycles. The third-order valence-corrected chi connectivity index (χ3v) is 7.26. The molecule has 3 atom stereocenters. The molecule has 0 aliphatic carbocycles. The van der Waals surface area contributed by atoms with E-state index in [1.165, 1.54) is 6.92 Å². The number of amides is 3. The van der Waals surface area contributed by atoms with Crippen LogP contribution in [0.5, 0.6) is 0 Å². The largest absolute Gasteiger partial charge is 0.368 e. The van der Waals surface area contributed by atoms with Gasteiger partial charge in [0.1, 0.15) is 35.4 Å². The number of para-hydroxylation sites is 1. The van der Waals surface area contributed by atoms with Crippen molar-refractivity contribution < 1.29 is 31.9 Å². The molecule has 0 saturated heterocycles. The summed E-state index contributed by atoms with van der Waals surface area (Å²) < 4.78 is 56.0. The van der Waals surface area contributed by atoms with Crippen molar-refractivity contribution in [2.24, 2.45) is 5.73 Å². The van der Waals surface area contributed by atoms with Crippen molar-refractivity contribution in [3.8, 4) is 0 Å². The van der Waals surface area contributed by atoms with E-state index in [0.29, 0.717) is 22.7 Å². The Hall–Kier alpha value is -3.86. The van der Waals surface area contributed by atoms with Crippen LogP contribution in [0.15, 0.2) is 65.6 Å². The number of benzene rings is 3. The second-order valence-corrected chi connectivity index (χ2v) is 9.69. The number of halogens is 4. The zero-order valence-corrected chi connectivity index (χ0v) is 20.2. The lowest BCUT2D eigenvalue weighted by Crippen LogP contribution is -2.57. The molecule has 0 saturated carbocycles. The summed E-state index contributed by atoms with van der Waals surface area (Å²) in [5, 5.41) is 1.62. The maximum atomic E-state index is 14.2. The number of nitrogens with two attached hydrogens (primary N) is 1. The van der Waals surface area contributed by atoms with Crippen molar-refractivity contribution in [2.45, 2.75) is 35.6 Å². The Morgan fingerprint density at radius 2 is 1.54 bits per heavy atom. The fourth-order valence-electron chi connectivity index (χ4n) is 4.21. The molecular formula is C26H21F4N3O3S. The zero-order chi connectivity index (χ0) is 26.9. The van der Waals surface area contributed by atoms with E-state index in [0.717, 1.165) is 40.9 Å². The topological polar surface area (TPSA) is 92.5 Å². The molecule has 0 radical (unpaired) electrons. The second-order valence-electron chi connectivity index (χ2n) is 8.51. The fraction of sp³-hybridized carbons (Fsp3) is 0.192. The van der Waals surface area contributed by atoms with E-state index in [2.05, 4.69) is 5.32 Å².